The van der Waals surface area contributed by atoms with E-state index in [0.29, 0.717) is 40.7 Å². The Kier molecular flexibility index (Phi) is 5.40. The molecule has 132 valence electrons. The van der Waals surface area contributed by atoms with Gasteiger partial charge < -0.3 is 20.0 Å². The van der Waals surface area contributed by atoms with Crippen LogP contribution in [0.2, 0.25) is 5.02 Å². The van der Waals surface area contributed by atoms with E-state index >= 15 is 0 Å². The lowest BCUT2D eigenvalue weighted by molar-refractivity contribution is 0.0767. The van der Waals surface area contributed by atoms with Gasteiger partial charge in [0.1, 0.15) is 5.76 Å². The van der Waals surface area contributed by atoms with E-state index < -0.39 is 0 Å². The molecule has 1 fully saturated rings. The minimum absolute atomic E-state index is 0.111. The number of halogens is 1. The summed E-state index contributed by atoms with van der Waals surface area (Å²) in [5.74, 6) is 0.0747. The van der Waals surface area contributed by atoms with Crippen LogP contribution in [0.5, 0.6) is 0 Å². The summed E-state index contributed by atoms with van der Waals surface area (Å²) in [6, 6.07) is 6.50. The van der Waals surface area contributed by atoms with Crippen LogP contribution in [0.15, 0.2) is 34.9 Å². The number of hydrogen-bond donors (Lipinski definition) is 2. The minimum atomic E-state index is -0.333. The lowest BCUT2D eigenvalue weighted by Crippen LogP contribution is -2.34. The fourth-order valence-electron chi connectivity index (χ4n) is 2.84. The molecule has 0 spiro atoms. The first-order chi connectivity index (χ1) is 12.1. The monoisotopic (exact) mass is 361 g/mol. The van der Waals surface area contributed by atoms with Crippen LogP contribution in [0, 0.1) is 6.92 Å². The maximum Gasteiger partial charge on any atom is 0.259 e. The van der Waals surface area contributed by atoms with Crippen molar-refractivity contribution < 1.29 is 14.0 Å². The van der Waals surface area contributed by atoms with Crippen LogP contribution in [-0.4, -0.2) is 42.9 Å². The van der Waals surface area contributed by atoms with E-state index in [1.54, 1.807) is 36.1 Å². The second kappa shape index (κ2) is 7.72. The Bertz CT molecular complexity index is 780. The van der Waals surface area contributed by atoms with Gasteiger partial charge in [-0.05, 0) is 44.2 Å². The number of nitrogens with zero attached hydrogens (tertiary/aromatic N) is 1. The molecule has 0 aliphatic carbocycles. The van der Waals surface area contributed by atoms with Gasteiger partial charge >= 0.3 is 0 Å². The molecule has 0 atom stereocenters. The largest absolute Gasteiger partial charge is 0.469 e. The Hall–Kier alpha value is -2.31. The van der Waals surface area contributed by atoms with Gasteiger partial charge in [0.2, 0.25) is 0 Å². The van der Waals surface area contributed by atoms with Gasteiger partial charge in [0, 0.05) is 24.7 Å². The van der Waals surface area contributed by atoms with Gasteiger partial charge in [0.15, 0.2) is 0 Å². The number of benzene rings is 1. The van der Waals surface area contributed by atoms with Gasteiger partial charge in [-0.1, -0.05) is 11.6 Å². The smallest absolute Gasteiger partial charge is 0.259 e. The van der Waals surface area contributed by atoms with Gasteiger partial charge in [-0.3, -0.25) is 9.59 Å². The highest BCUT2D eigenvalue weighted by Gasteiger charge is 2.22. The summed E-state index contributed by atoms with van der Waals surface area (Å²) >= 11 is 6.07. The van der Waals surface area contributed by atoms with Crippen molar-refractivity contribution in [2.45, 2.75) is 13.3 Å². The second-order valence-corrected chi connectivity index (χ2v) is 6.37. The van der Waals surface area contributed by atoms with Gasteiger partial charge in [-0.15, -0.1) is 0 Å². The van der Waals surface area contributed by atoms with Crippen LogP contribution in [0.4, 0.5) is 5.69 Å². The van der Waals surface area contributed by atoms with E-state index in [2.05, 4.69) is 10.6 Å². The molecule has 1 aromatic heterocycles. The zero-order valence-electron chi connectivity index (χ0n) is 14.0. The Morgan fingerprint density at radius 3 is 2.80 bits per heavy atom. The molecule has 7 heteroatoms. The average molecular weight is 362 g/mol. The Morgan fingerprint density at radius 2 is 2.04 bits per heavy atom. The molecular weight excluding hydrogens is 342 g/mol. The Labute approximate surface area is 151 Å². The minimum Gasteiger partial charge on any atom is -0.469 e. The number of anilines is 1. The number of nitrogens with one attached hydrogen (secondary N) is 2. The zero-order chi connectivity index (χ0) is 17.8. The van der Waals surface area contributed by atoms with Crippen molar-refractivity contribution >= 4 is 29.1 Å². The molecule has 0 bridgehead atoms. The van der Waals surface area contributed by atoms with Crippen molar-refractivity contribution in [2.24, 2.45) is 0 Å². The maximum atomic E-state index is 12.9. The fourth-order valence-corrected chi connectivity index (χ4v) is 3.01. The number of rotatable bonds is 3. The molecule has 1 aromatic carbocycles. The predicted molar refractivity (Wildman–Crippen MR) is 96.2 cm³/mol. The normalized spacial score (nSPS) is 14.9. The maximum absolute atomic E-state index is 12.9. The second-order valence-electron chi connectivity index (χ2n) is 5.93. The van der Waals surface area contributed by atoms with Gasteiger partial charge in [-0.25, -0.2) is 0 Å². The summed E-state index contributed by atoms with van der Waals surface area (Å²) in [4.78, 5) is 27.2. The predicted octanol–water partition coefficient (Wildman–Crippen LogP) is 2.93. The molecule has 0 saturated carbocycles. The van der Waals surface area contributed by atoms with Crippen LogP contribution in [0.25, 0.3) is 0 Å². The molecule has 2 amide bonds. The summed E-state index contributed by atoms with van der Waals surface area (Å²) in [5, 5.41) is 6.50. The van der Waals surface area contributed by atoms with Gasteiger partial charge in [-0.2, -0.15) is 0 Å². The molecule has 0 radical (unpaired) electrons. The van der Waals surface area contributed by atoms with E-state index in [1.807, 2.05) is 0 Å². The lowest BCUT2D eigenvalue weighted by Gasteiger charge is -2.21. The Morgan fingerprint density at radius 1 is 1.20 bits per heavy atom. The van der Waals surface area contributed by atoms with E-state index in [-0.39, 0.29) is 11.8 Å². The van der Waals surface area contributed by atoms with E-state index in [9.17, 15) is 9.59 Å². The first kappa shape index (κ1) is 17.5. The molecule has 1 aliphatic heterocycles. The summed E-state index contributed by atoms with van der Waals surface area (Å²) in [6.07, 6.45) is 2.35. The number of carbonyl (C=O) groups is 2. The molecule has 25 heavy (non-hydrogen) atoms. The first-order valence-corrected chi connectivity index (χ1v) is 8.59. The van der Waals surface area contributed by atoms with E-state index in [4.69, 9.17) is 16.0 Å². The molecule has 1 aliphatic rings. The van der Waals surface area contributed by atoms with Gasteiger partial charge in [0.05, 0.1) is 23.1 Å². The molecule has 1 saturated heterocycles. The molecule has 2 aromatic rings. The average Bonchev–Trinajstić information content (AvgIpc) is 2.84. The highest BCUT2D eigenvalue weighted by atomic mass is 35.5. The van der Waals surface area contributed by atoms with Crippen molar-refractivity contribution in [1.29, 1.82) is 0 Å². The third-order valence-electron chi connectivity index (χ3n) is 4.19. The quantitative estimate of drug-likeness (QED) is 0.881. The molecule has 3 rings (SSSR count). The standard InChI is InChI=1S/C18H20ClN3O3/c1-12-14(5-10-25-12)17(23)21-16-11-13(19)3-4-15(16)18(24)22-8-2-6-20-7-9-22/h3-5,10-11,20H,2,6-9H2,1H3,(H,21,23). The van der Waals surface area contributed by atoms with Crippen molar-refractivity contribution in [1.82, 2.24) is 10.2 Å². The van der Waals surface area contributed by atoms with Crippen molar-refractivity contribution in [3.63, 3.8) is 0 Å². The molecule has 0 unspecified atom stereocenters. The number of aryl methyl sites for hydroxylation is 1. The van der Waals surface area contributed by atoms with E-state index in [0.717, 1.165) is 19.5 Å². The van der Waals surface area contributed by atoms with E-state index in [1.165, 1.54) is 6.26 Å². The van der Waals surface area contributed by atoms with Crippen LogP contribution in [0.3, 0.4) is 0 Å². The van der Waals surface area contributed by atoms with Crippen molar-refractivity contribution in [3.8, 4) is 0 Å². The summed E-state index contributed by atoms with van der Waals surface area (Å²) in [6.45, 7) is 4.69. The molecular formula is C18H20ClN3O3. The molecule has 2 heterocycles. The lowest BCUT2D eigenvalue weighted by atomic mass is 10.1. The summed E-state index contributed by atoms with van der Waals surface area (Å²) in [7, 11) is 0. The Balaban J connectivity index is 1.86. The SMILES string of the molecule is Cc1occc1C(=O)Nc1cc(Cl)ccc1C(=O)N1CCCNCC1. The summed E-state index contributed by atoms with van der Waals surface area (Å²) in [5.41, 5.74) is 1.26. The first-order valence-electron chi connectivity index (χ1n) is 8.21. The molecule has 2 N–H and O–H groups in total. The summed E-state index contributed by atoms with van der Waals surface area (Å²) < 4.78 is 5.16. The van der Waals surface area contributed by atoms with Gasteiger partial charge in [0.25, 0.3) is 11.8 Å². The highest BCUT2D eigenvalue weighted by Crippen LogP contribution is 2.24. The number of carbonyl (C=O) groups excluding carboxylic acids is 2. The topological polar surface area (TPSA) is 74.6 Å². The number of amides is 2. The highest BCUT2D eigenvalue weighted by molar-refractivity contribution is 6.31. The van der Waals surface area contributed by atoms with Crippen molar-refractivity contribution in [2.75, 3.05) is 31.5 Å². The number of hydrogen-bond acceptors (Lipinski definition) is 4. The molecule has 6 nitrogen and oxygen atoms in total. The van der Waals surface area contributed by atoms with Crippen LogP contribution in [0.1, 0.15) is 32.9 Å². The number of furan rings is 1. The third kappa shape index (κ3) is 4.03. The van der Waals surface area contributed by atoms with Crippen LogP contribution < -0.4 is 10.6 Å². The third-order valence-corrected chi connectivity index (χ3v) is 4.43. The van der Waals surface area contributed by atoms with Crippen LogP contribution in [-0.2, 0) is 0 Å². The van der Waals surface area contributed by atoms with Crippen LogP contribution >= 0.6 is 11.6 Å². The van der Waals surface area contributed by atoms with Crippen molar-refractivity contribution in [3.05, 3.63) is 52.4 Å². The fraction of sp³-hybridized carbons (Fsp3) is 0.333. The zero-order valence-corrected chi connectivity index (χ0v) is 14.7.